The van der Waals surface area contributed by atoms with Crippen molar-refractivity contribution in [3.63, 3.8) is 0 Å². The Morgan fingerprint density at radius 1 is 1.33 bits per heavy atom. The van der Waals surface area contributed by atoms with Crippen molar-refractivity contribution in [3.8, 4) is 11.1 Å². The highest BCUT2D eigenvalue weighted by Gasteiger charge is 2.11. The zero-order valence-electron chi connectivity index (χ0n) is 13.5. The number of hydrogen-bond acceptors (Lipinski definition) is 5. The third-order valence-corrected chi connectivity index (χ3v) is 3.92. The lowest BCUT2D eigenvalue weighted by atomic mass is 10.1. The van der Waals surface area contributed by atoms with Crippen LogP contribution in [0, 0.1) is 0 Å². The summed E-state index contributed by atoms with van der Waals surface area (Å²) in [5, 5.41) is 4.21. The van der Waals surface area contributed by atoms with Gasteiger partial charge in [-0.2, -0.15) is 4.98 Å². The number of fused-ring (bicyclic) bond motifs is 2. The number of nitrogens with one attached hydrogen (secondary N) is 2. The van der Waals surface area contributed by atoms with Crippen molar-refractivity contribution >= 4 is 22.6 Å². The average Bonchev–Trinajstić information content (AvgIpc) is 3.20. The van der Waals surface area contributed by atoms with Gasteiger partial charge in [0.25, 0.3) is 0 Å². The summed E-state index contributed by atoms with van der Waals surface area (Å²) in [6.45, 7) is 2.62. The van der Waals surface area contributed by atoms with Crippen LogP contribution in [0.2, 0.25) is 0 Å². The van der Waals surface area contributed by atoms with Crippen molar-refractivity contribution in [2.45, 2.75) is 13.0 Å². The van der Waals surface area contributed by atoms with Gasteiger partial charge in [-0.05, 0) is 19.1 Å². The van der Waals surface area contributed by atoms with Crippen LogP contribution in [0.25, 0.3) is 27.8 Å². The van der Waals surface area contributed by atoms with Gasteiger partial charge in [-0.25, -0.2) is 9.97 Å². The number of rotatable bonds is 5. The van der Waals surface area contributed by atoms with E-state index in [0.29, 0.717) is 12.6 Å². The summed E-state index contributed by atoms with van der Waals surface area (Å²) >= 11 is 0. The van der Waals surface area contributed by atoms with Gasteiger partial charge in [0.1, 0.15) is 11.3 Å². The highest BCUT2D eigenvalue weighted by Crippen LogP contribution is 2.28. The van der Waals surface area contributed by atoms with Crippen molar-refractivity contribution in [3.05, 3.63) is 43.1 Å². The number of H-pyrrole nitrogens is 1. The molecule has 0 fully saturated rings. The number of anilines is 1. The van der Waals surface area contributed by atoms with Crippen LogP contribution in [0.5, 0.6) is 0 Å². The van der Waals surface area contributed by atoms with Crippen molar-refractivity contribution in [2.75, 3.05) is 19.0 Å². The van der Waals surface area contributed by atoms with Gasteiger partial charge in [0.15, 0.2) is 0 Å². The highest BCUT2D eigenvalue weighted by atomic mass is 16.5. The van der Waals surface area contributed by atoms with E-state index < -0.39 is 0 Å². The third-order valence-electron chi connectivity index (χ3n) is 3.92. The summed E-state index contributed by atoms with van der Waals surface area (Å²) < 4.78 is 7.12. The van der Waals surface area contributed by atoms with Crippen LogP contribution in [0.3, 0.4) is 0 Å². The Morgan fingerprint density at radius 3 is 3.12 bits per heavy atom. The zero-order valence-corrected chi connectivity index (χ0v) is 13.5. The van der Waals surface area contributed by atoms with Crippen LogP contribution in [0.15, 0.2) is 43.1 Å². The molecule has 0 aromatic carbocycles. The number of hydrogen-bond donors (Lipinski definition) is 2. The molecule has 2 N–H and O–H groups in total. The van der Waals surface area contributed by atoms with Crippen molar-refractivity contribution in [1.29, 1.82) is 0 Å². The molecule has 4 heterocycles. The minimum Gasteiger partial charge on any atom is -0.383 e. The van der Waals surface area contributed by atoms with Crippen LogP contribution in [0.4, 0.5) is 5.95 Å². The summed E-state index contributed by atoms with van der Waals surface area (Å²) in [5.74, 6) is 0.588. The molecule has 0 spiro atoms. The van der Waals surface area contributed by atoms with E-state index in [1.807, 2.05) is 36.0 Å². The fourth-order valence-electron chi connectivity index (χ4n) is 2.81. The SMILES string of the molecule is COC[C@H](C)Nc1ncc2c(-c3ccc4nccn4c3)c[nH]c2n1. The Kier molecular flexibility index (Phi) is 3.62. The maximum Gasteiger partial charge on any atom is 0.224 e. The molecule has 0 aliphatic heterocycles. The quantitative estimate of drug-likeness (QED) is 0.590. The minimum atomic E-state index is 0.144. The van der Waals surface area contributed by atoms with Gasteiger partial charge in [-0.15, -0.1) is 0 Å². The molecule has 4 aromatic rings. The van der Waals surface area contributed by atoms with Crippen LogP contribution in [-0.2, 0) is 4.74 Å². The van der Waals surface area contributed by atoms with Crippen molar-refractivity contribution in [1.82, 2.24) is 24.3 Å². The predicted octanol–water partition coefficient (Wildman–Crippen LogP) is 2.72. The molecular weight excluding hydrogens is 304 g/mol. The lowest BCUT2D eigenvalue weighted by Crippen LogP contribution is -2.22. The fraction of sp³-hybridized carbons (Fsp3) is 0.235. The van der Waals surface area contributed by atoms with Crippen molar-refractivity contribution in [2.24, 2.45) is 0 Å². The summed E-state index contributed by atoms with van der Waals surface area (Å²) in [6.07, 6.45) is 9.58. The van der Waals surface area contributed by atoms with Crippen LogP contribution < -0.4 is 5.32 Å². The van der Waals surface area contributed by atoms with Gasteiger partial charge >= 0.3 is 0 Å². The summed E-state index contributed by atoms with van der Waals surface area (Å²) in [7, 11) is 1.68. The lowest BCUT2D eigenvalue weighted by molar-refractivity contribution is 0.190. The fourth-order valence-corrected chi connectivity index (χ4v) is 2.81. The zero-order chi connectivity index (χ0) is 16.5. The first-order valence-corrected chi connectivity index (χ1v) is 7.77. The third kappa shape index (κ3) is 2.59. The number of imidazole rings is 1. The number of methoxy groups -OCH3 is 1. The second-order valence-corrected chi connectivity index (χ2v) is 5.77. The number of ether oxygens (including phenoxy) is 1. The van der Waals surface area contributed by atoms with E-state index >= 15 is 0 Å². The van der Waals surface area contributed by atoms with Gasteiger partial charge in [0.05, 0.1) is 6.61 Å². The molecule has 7 heteroatoms. The summed E-state index contributed by atoms with van der Waals surface area (Å²) in [5.41, 5.74) is 3.88. The van der Waals surface area contributed by atoms with E-state index in [0.717, 1.165) is 27.8 Å². The molecule has 7 nitrogen and oxygen atoms in total. The molecule has 1 atom stereocenters. The molecule has 122 valence electrons. The van der Waals surface area contributed by atoms with Crippen LogP contribution >= 0.6 is 0 Å². The van der Waals surface area contributed by atoms with E-state index in [9.17, 15) is 0 Å². The molecule has 0 aliphatic rings. The Labute approximate surface area is 138 Å². The Morgan fingerprint density at radius 2 is 2.25 bits per heavy atom. The monoisotopic (exact) mass is 322 g/mol. The van der Waals surface area contributed by atoms with Gasteiger partial charge in [-0.1, -0.05) is 0 Å². The van der Waals surface area contributed by atoms with Gasteiger partial charge in [-0.3, -0.25) is 0 Å². The number of nitrogens with zero attached hydrogens (tertiary/aromatic N) is 4. The largest absolute Gasteiger partial charge is 0.383 e. The molecule has 0 radical (unpaired) electrons. The highest BCUT2D eigenvalue weighted by molar-refractivity contribution is 5.93. The molecule has 4 aromatic heterocycles. The Balaban J connectivity index is 1.69. The first-order chi connectivity index (χ1) is 11.7. The summed E-state index contributed by atoms with van der Waals surface area (Å²) in [6, 6.07) is 4.19. The molecule has 0 saturated heterocycles. The van der Waals surface area contributed by atoms with Crippen molar-refractivity contribution < 1.29 is 4.74 Å². The number of aromatic amines is 1. The van der Waals surface area contributed by atoms with Crippen LogP contribution in [-0.4, -0.2) is 44.1 Å². The second-order valence-electron chi connectivity index (χ2n) is 5.77. The normalized spacial score (nSPS) is 12.8. The maximum absolute atomic E-state index is 5.12. The number of aromatic nitrogens is 5. The molecule has 0 bridgehead atoms. The standard InChI is InChI=1S/C17H18N6O/c1-11(10-24-2)21-17-20-8-14-13(7-19-16(14)22-17)12-3-4-15-18-5-6-23(15)9-12/h3-9,11H,10H2,1-2H3,(H2,19,20,21,22)/t11-/m0/s1. The molecule has 0 amide bonds. The lowest BCUT2D eigenvalue weighted by Gasteiger charge is -2.12. The smallest absolute Gasteiger partial charge is 0.224 e. The molecule has 24 heavy (non-hydrogen) atoms. The van der Waals surface area contributed by atoms with Gasteiger partial charge in [0.2, 0.25) is 5.95 Å². The second kappa shape index (κ2) is 5.93. The molecule has 0 unspecified atom stereocenters. The first-order valence-electron chi connectivity index (χ1n) is 7.77. The Hall–Kier alpha value is -2.93. The first kappa shape index (κ1) is 14.6. The molecule has 4 rings (SSSR count). The summed E-state index contributed by atoms with van der Waals surface area (Å²) in [4.78, 5) is 16.5. The van der Waals surface area contributed by atoms with Gasteiger partial charge in [0, 0.05) is 60.6 Å². The Bertz CT molecular complexity index is 989. The van der Waals surface area contributed by atoms with Gasteiger partial charge < -0.3 is 19.4 Å². The van der Waals surface area contributed by atoms with Crippen LogP contribution in [0.1, 0.15) is 6.92 Å². The van der Waals surface area contributed by atoms with E-state index in [1.54, 1.807) is 13.3 Å². The molecular formula is C17H18N6O. The molecule has 0 aliphatic carbocycles. The minimum absolute atomic E-state index is 0.144. The van der Waals surface area contributed by atoms with E-state index in [-0.39, 0.29) is 6.04 Å². The number of pyridine rings is 1. The van der Waals surface area contributed by atoms with E-state index in [1.165, 1.54) is 0 Å². The molecule has 0 saturated carbocycles. The predicted molar refractivity (Wildman–Crippen MR) is 93.0 cm³/mol. The maximum atomic E-state index is 5.12. The van der Waals surface area contributed by atoms with E-state index in [2.05, 4.69) is 37.5 Å². The van der Waals surface area contributed by atoms with E-state index in [4.69, 9.17) is 4.74 Å². The topological polar surface area (TPSA) is 80.1 Å². The average molecular weight is 322 g/mol.